The molecule has 0 radical (unpaired) electrons. The summed E-state index contributed by atoms with van der Waals surface area (Å²) in [5, 5.41) is 3.97. The molecule has 4 aromatic rings. The lowest BCUT2D eigenvalue weighted by Gasteiger charge is -2.30. The average Bonchev–Trinajstić information content (AvgIpc) is 3.19. The number of fused-ring (bicyclic) bond motifs is 1. The zero-order valence-corrected chi connectivity index (χ0v) is 22.1. The van der Waals surface area contributed by atoms with Gasteiger partial charge in [0.25, 0.3) is 11.5 Å². The second-order valence-corrected chi connectivity index (χ2v) is 10.2. The lowest BCUT2D eigenvalue weighted by atomic mass is 9.92. The second-order valence-electron chi connectivity index (χ2n) is 10.2. The Morgan fingerprint density at radius 1 is 1.05 bits per heavy atom. The van der Waals surface area contributed by atoms with Crippen LogP contribution in [-0.4, -0.2) is 28.7 Å². The van der Waals surface area contributed by atoms with Crippen molar-refractivity contribution in [3.8, 4) is 11.1 Å². The van der Waals surface area contributed by atoms with E-state index in [-0.39, 0.29) is 24.1 Å². The highest BCUT2D eigenvalue weighted by Gasteiger charge is 2.28. The number of nitrogens with one attached hydrogen (secondary N) is 2. The average molecular weight is 498 g/mol. The number of hydrogen-bond donors (Lipinski definition) is 2. The first-order chi connectivity index (χ1) is 17.8. The van der Waals surface area contributed by atoms with Crippen LogP contribution in [0.5, 0.6) is 0 Å². The lowest BCUT2D eigenvalue weighted by Crippen LogP contribution is -2.28. The molecule has 1 atom stereocenters. The number of nitrogens with zero attached hydrogens (tertiary/aromatic N) is 1. The molecule has 1 saturated heterocycles. The number of aryl methyl sites for hydroxylation is 2. The Hall–Kier alpha value is -3.64. The number of amides is 1. The number of aromatic amines is 1. The summed E-state index contributed by atoms with van der Waals surface area (Å²) in [5.41, 5.74) is 7.08. The van der Waals surface area contributed by atoms with E-state index < -0.39 is 0 Å². The van der Waals surface area contributed by atoms with Crippen molar-refractivity contribution in [3.05, 3.63) is 93.0 Å². The van der Waals surface area contributed by atoms with Gasteiger partial charge in [-0.15, -0.1) is 0 Å². The van der Waals surface area contributed by atoms with Crippen LogP contribution in [0.2, 0.25) is 0 Å². The maximum Gasteiger partial charge on any atom is 0.254 e. The first kappa shape index (κ1) is 25.0. The van der Waals surface area contributed by atoms with E-state index in [0.717, 1.165) is 65.0 Å². The van der Waals surface area contributed by atoms with Gasteiger partial charge in [-0.25, -0.2) is 0 Å². The molecule has 1 amide bonds. The van der Waals surface area contributed by atoms with Crippen LogP contribution in [0.1, 0.15) is 58.7 Å². The first-order valence-corrected chi connectivity index (χ1v) is 13.1. The van der Waals surface area contributed by atoms with Gasteiger partial charge in [-0.1, -0.05) is 42.5 Å². The van der Waals surface area contributed by atoms with Crippen molar-refractivity contribution in [1.29, 1.82) is 0 Å². The van der Waals surface area contributed by atoms with Gasteiger partial charge in [-0.05, 0) is 75.3 Å². The number of rotatable bonds is 6. The fraction of sp³-hybridized carbons (Fsp3) is 0.355. The van der Waals surface area contributed by atoms with E-state index in [1.165, 1.54) is 0 Å². The van der Waals surface area contributed by atoms with Crippen molar-refractivity contribution in [3.63, 3.8) is 0 Å². The number of pyridine rings is 1. The van der Waals surface area contributed by atoms with E-state index in [1.54, 1.807) is 0 Å². The number of aromatic nitrogens is 2. The third-order valence-electron chi connectivity index (χ3n) is 7.86. The quantitative estimate of drug-likeness (QED) is 0.351. The van der Waals surface area contributed by atoms with Gasteiger partial charge in [0.2, 0.25) is 0 Å². The highest BCUT2D eigenvalue weighted by molar-refractivity contribution is 6.09. The van der Waals surface area contributed by atoms with E-state index in [9.17, 15) is 9.59 Å². The molecule has 5 rings (SSSR count). The van der Waals surface area contributed by atoms with E-state index in [1.807, 2.05) is 45.0 Å². The highest BCUT2D eigenvalue weighted by Crippen LogP contribution is 2.37. The van der Waals surface area contributed by atoms with Gasteiger partial charge < -0.3 is 19.6 Å². The fourth-order valence-corrected chi connectivity index (χ4v) is 5.83. The molecule has 0 saturated carbocycles. The molecule has 1 aliphatic heterocycles. The number of H-pyrrole nitrogens is 1. The molecular weight excluding hydrogens is 462 g/mol. The molecular formula is C31H35N3O3. The largest absolute Gasteiger partial charge is 0.381 e. The predicted molar refractivity (Wildman–Crippen MR) is 148 cm³/mol. The summed E-state index contributed by atoms with van der Waals surface area (Å²) in [4.78, 5) is 29.0. The number of ether oxygens (including phenoxy) is 1. The van der Waals surface area contributed by atoms with Crippen molar-refractivity contribution < 1.29 is 9.53 Å². The van der Waals surface area contributed by atoms with Crippen molar-refractivity contribution in [2.75, 3.05) is 13.2 Å². The Bertz CT molecular complexity index is 1490. The van der Waals surface area contributed by atoms with Crippen LogP contribution < -0.4 is 10.9 Å². The van der Waals surface area contributed by atoms with Crippen LogP contribution in [0.3, 0.4) is 0 Å². The molecule has 192 valence electrons. The van der Waals surface area contributed by atoms with Gasteiger partial charge >= 0.3 is 0 Å². The molecule has 0 bridgehead atoms. The monoisotopic (exact) mass is 497 g/mol. The molecule has 0 aliphatic carbocycles. The predicted octanol–water partition coefficient (Wildman–Crippen LogP) is 5.84. The third kappa shape index (κ3) is 4.86. The maximum absolute atomic E-state index is 13.7. The van der Waals surface area contributed by atoms with Crippen LogP contribution >= 0.6 is 0 Å². The molecule has 1 aliphatic rings. The van der Waals surface area contributed by atoms with Crippen LogP contribution in [0, 0.1) is 26.7 Å². The van der Waals surface area contributed by atoms with Gasteiger partial charge in [-0.2, -0.15) is 0 Å². The van der Waals surface area contributed by atoms with Crippen LogP contribution in [0.4, 0.5) is 0 Å². The van der Waals surface area contributed by atoms with Crippen LogP contribution in [-0.2, 0) is 11.3 Å². The Morgan fingerprint density at radius 2 is 1.78 bits per heavy atom. The first-order valence-electron chi connectivity index (χ1n) is 13.1. The summed E-state index contributed by atoms with van der Waals surface area (Å²) in [7, 11) is 0. The minimum atomic E-state index is -0.160. The highest BCUT2D eigenvalue weighted by atomic mass is 16.5. The summed E-state index contributed by atoms with van der Waals surface area (Å²) in [6.07, 6.45) is 2.02. The fourth-order valence-electron chi connectivity index (χ4n) is 5.83. The van der Waals surface area contributed by atoms with Crippen molar-refractivity contribution in [2.24, 2.45) is 5.92 Å². The van der Waals surface area contributed by atoms with Gasteiger partial charge in [0.05, 0.1) is 5.56 Å². The standard InChI is InChI=1S/C31H35N3O3/c1-19-16-20(2)33-30(35)27(19)18-32-31(36)29-22(4)34(21(3)23-12-14-37-15-13-23)28-17-25(10-11-26(28)29)24-8-6-5-7-9-24/h5-11,16-17,21,23H,12-15,18H2,1-4H3,(H,32,36)(H,33,35). The van der Waals surface area contributed by atoms with Crippen LogP contribution in [0.25, 0.3) is 22.0 Å². The Morgan fingerprint density at radius 3 is 2.49 bits per heavy atom. The van der Waals surface area contributed by atoms with Crippen molar-refractivity contribution in [2.45, 2.75) is 53.1 Å². The van der Waals surface area contributed by atoms with Gasteiger partial charge in [0.1, 0.15) is 0 Å². The summed E-state index contributed by atoms with van der Waals surface area (Å²) in [5.74, 6) is 0.320. The second kappa shape index (κ2) is 10.4. The summed E-state index contributed by atoms with van der Waals surface area (Å²) >= 11 is 0. The molecule has 3 heterocycles. The molecule has 1 unspecified atom stereocenters. The Balaban J connectivity index is 1.57. The normalized spacial score (nSPS) is 15.1. The zero-order valence-electron chi connectivity index (χ0n) is 22.1. The molecule has 2 N–H and O–H groups in total. The summed E-state index contributed by atoms with van der Waals surface area (Å²) in [6.45, 7) is 9.80. The maximum atomic E-state index is 13.7. The number of carbonyl (C=O) groups is 1. The van der Waals surface area contributed by atoms with E-state index in [4.69, 9.17) is 4.74 Å². The van der Waals surface area contributed by atoms with E-state index >= 15 is 0 Å². The minimum absolute atomic E-state index is 0.155. The SMILES string of the molecule is Cc1cc(C)c(CNC(=O)c2c(C)n(C(C)C3CCOCC3)c3cc(-c4ccccc4)ccc23)c(=O)[nH]1. The summed E-state index contributed by atoms with van der Waals surface area (Å²) < 4.78 is 7.97. The summed E-state index contributed by atoms with van der Waals surface area (Å²) in [6, 6.07) is 18.8. The third-order valence-corrected chi connectivity index (χ3v) is 7.86. The molecule has 6 heteroatoms. The van der Waals surface area contributed by atoms with E-state index in [0.29, 0.717) is 17.0 Å². The van der Waals surface area contributed by atoms with Crippen molar-refractivity contribution >= 4 is 16.8 Å². The van der Waals surface area contributed by atoms with Gasteiger partial charge in [0, 0.05) is 53.7 Å². The van der Waals surface area contributed by atoms with Gasteiger partial charge in [0.15, 0.2) is 0 Å². The Labute approximate surface area is 217 Å². The minimum Gasteiger partial charge on any atom is -0.381 e. The molecule has 0 spiro atoms. The smallest absolute Gasteiger partial charge is 0.254 e. The lowest BCUT2D eigenvalue weighted by molar-refractivity contribution is 0.0517. The topological polar surface area (TPSA) is 76.1 Å². The van der Waals surface area contributed by atoms with E-state index in [2.05, 4.69) is 52.1 Å². The molecule has 2 aromatic carbocycles. The molecule has 2 aromatic heterocycles. The Kier molecular flexibility index (Phi) is 7.02. The zero-order chi connectivity index (χ0) is 26.1. The number of hydrogen-bond acceptors (Lipinski definition) is 3. The number of benzene rings is 2. The van der Waals surface area contributed by atoms with Crippen LogP contribution in [0.15, 0.2) is 59.4 Å². The molecule has 6 nitrogen and oxygen atoms in total. The molecule has 1 fully saturated rings. The van der Waals surface area contributed by atoms with Gasteiger partial charge in [-0.3, -0.25) is 9.59 Å². The van der Waals surface area contributed by atoms with Crippen molar-refractivity contribution in [1.82, 2.24) is 14.9 Å². The molecule has 37 heavy (non-hydrogen) atoms. The number of carbonyl (C=O) groups excluding carboxylic acids is 1.